The fourth-order valence-corrected chi connectivity index (χ4v) is 2.35. The second-order valence-corrected chi connectivity index (χ2v) is 5.89. The second kappa shape index (κ2) is 6.17. The summed E-state index contributed by atoms with van der Waals surface area (Å²) in [5.74, 6) is 0. The van der Waals surface area contributed by atoms with E-state index >= 15 is 0 Å². The summed E-state index contributed by atoms with van der Waals surface area (Å²) in [6.07, 6.45) is 1.90. The van der Waals surface area contributed by atoms with Crippen molar-refractivity contribution in [2.75, 3.05) is 0 Å². The Hall–Kier alpha value is -1.12. The number of hydrogen-bond acceptors (Lipinski definition) is 1. The summed E-state index contributed by atoms with van der Waals surface area (Å²) < 4.78 is 2.17. The number of benzene rings is 2. The largest absolute Gasteiger partial charge is 0.192 e. The zero-order valence-corrected chi connectivity index (χ0v) is 13.1. The molecule has 0 heterocycles. The van der Waals surface area contributed by atoms with Crippen molar-refractivity contribution in [2.24, 2.45) is 0 Å². The quantitative estimate of drug-likeness (QED) is 0.383. The molecule has 0 bridgehead atoms. The Morgan fingerprint density at radius 2 is 1.89 bits per heavy atom. The average molecular weight is 410 g/mol. The van der Waals surface area contributed by atoms with E-state index in [1.165, 1.54) is 0 Å². The van der Waals surface area contributed by atoms with E-state index in [4.69, 9.17) is 0 Å². The van der Waals surface area contributed by atoms with Crippen molar-refractivity contribution < 1.29 is 0 Å². The van der Waals surface area contributed by atoms with Gasteiger partial charge in [0.2, 0.25) is 0 Å². The SMILES string of the molecule is N#C/C(=C/c1cccc(Br)c1)c1ccc(I)cc1. The van der Waals surface area contributed by atoms with Crippen LogP contribution in [0.15, 0.2) is 53.0 Å². The van der Waals surface area contributed by atoms with Crippen LogP contribution >= 0.6 is 38.5 Å². The highest BCUT2D eigenvalue weighted by atomic mass is 127. The third-order valence-electron chi connectivity index (χ3n) is 2.44. The van der Waals surface area contributed by atoms with E-state index in [9.17, 15) is 5.26 Å². The predicted octanol–water partition coefficient (Wildman–Crippen LogP) is 5.12. The Morgan fingerprint density at radius 3 is 2.50 bits per heavy atom. The zero-order valence-electron chi connectivity index (χ0n) is 9.40. The van der Waals surface area contributed by atoms with Crippen molar-refractivity contribution in [3.05, 3.63) is 67.7 Å². The van der Waals surface area contributed by atoms with E-state index in [0.717, 1.165) is 19.2 Å². The fraction of sp³-hybridized carbons (Fsp3) is 0. The van der Waals surface area contributed by atoms with Gasteiger partial charge in [-0.3, -0.25) is 0 Å². The first-order valence-corrected chi connectivity index (χ1v) is 7.19. The van der Waals surface area contributed by atoms with Crippen molar-refractivity contribution in [3.8, 4) is 6.07 Å². The van der Waals surface area contributed by atoms with Crippen molar-refractivity contribution in [1.29, 1.82) is 5.26 Å². The lowest BCUT2D eigenvalue weighted by molar-refractivity contribution is 1.51. The number of hydrogen-bond donors (Lipinski definition) is 0. The lowest BCUT2D eigenvalue weighted by Crippen LogP contribution is -1.82. The Kier molecular flexibility index (Phi) is 4.56. The molecular formula is C15H9BrIN. The Morgan fingerprint density at radius 1 is 1.17 bits per heavy atom. The molecule has 0 unspecified atom stereocenters. The fourth-order valence-electron chi connectivity index (χ4n) is 1.57. The van der Waals surface area contributed by atoms with Gasteiger partial charge in [0.15, 0.2) is 0 Å². The molecule has 2 rings (SSSR count). The molecule has 0 aliphatic heterocycles. The van der Waals surface area contributed by atoms with Crippen LogP contribution in [0.4, 0.5) is 0 Å². The second-order valence-electron chi connectivity index (χ2n) is 3.73. The molecule has 0 spiro atoms. The molecule has 2 aromatic carbocycles. The highest BCUT2D eigenvalue weighted by Gasteiger charge is 2.01. The van der Waals surface area contributed by atoms with Gasteiger partial charge in [-0.2, -0.15) is 5.26 Å². The van der Waals surface area contributed by atoms with Crippen LogP contribution in [0.2, 0.25) is 0 Å². The van der Waals surface area contributed by atoms with E-state index in [1.807, 2.05) is 54.6 Å². The number of rotatable bonds is 2. The Labute approximate surface area is 128 Å². The lowest BCUT2D eigenvalue weighted by atomic mass is 10.0. The molecule has 0 atom stereocenters. The topological polar surface area (TPSA) is 23.8 Å². The minimum absolute atomic E-state index is 0.671. The van der Waals surface area contributed by atoms with E-state index < -0.39 is 0 Å². The average Bonchev–Trinajstić information content (AvgIpc) is 2.37. The maximum absolute atomic E-state index is 9.25. The van der Waals surface area contributed by atoms with Crippen LogP contribution in [-0.4, -0.2) is 0 Å². The van der Waals surface area contributed by atoms with Gasteiger partial charge in [-0.15, -0.1) is 0 Å². The molecule has 0 amide bonds. The van der Waals surface area contributed by atoms with Gasteiger partial charge in [-0.1, -0.05) is 40.2 Å². The monoisotopic (exact) mass is 409 g/mol. The van der Waals surface area contributed by atoms with Crippen LogP contribution in [0.25, 0.3) is 11.6 Å². The molecule has 3 heteroatoms. The highest BCUT2D eigenvalue weighted by Crippen LogP contribution is 2.20. The standard InChI is InChI=1S/C15H9BrIN/c16-14-3-1-2-11(9-14)8-13(10-18)12-4-6-15(17)7-5-12/h1-9H/b13-8-. The Balaban J connectivity index is 2.40. The van der Waals surface area contributed by atoms with Crippen LogP contribution in [-0.2, 0) is 0 Å². The number of halogens is 2. The normalized spacial score (nSPS) is 11.1. The summed E-state index contributed by atoms with van der Waals surface area (Å²) >= 11 is 5.68. The van der Waals surface area contributed by atoms with E-state index in [0.29, 0.717) is 5.57 Å². The first-order chi connectivity index (χ1) is 8.69. The smallest absolute Gasteiger partial charge is 0.0998 e. The highest BCUT2D eigenvalue weighted by molar-refractivity contribution is 14.1. The van der Waals surface area contributed by atoms with E-state index in [-0.39, 0.29) is 0 Å². The number of nitriles is 1. The van der Waals surface area contributed by atoms with Crippen LogP contribution in [0, 0.1) is 14.9 Å². The van der Waals surface area contributed by atoms with Crippen LogP contribution in [0.3, 0.4) is 0 Å². The van der Waals surface area contributed by atoms with Gasteiger partial charge in [0.05, 0.1) is 11.6 Å². The maximum atomic E-state index is 9.25. The number of allylic oxidation sites excluding steroid dienone is 1. The van der Waals surface area contributed by atoms with Gasteiger partial charge < -0.3 is 0 Å². The first kappa shape index (κ1) is 13.3. The van der Waals surface area contributed by atoms with Crippen LogP contribution in [0.5, 0.6) is 0 Å². The summed E-state index contributed by atoms with van der Waals surface area (Å²) in [5.41, 5.74) is 2.63. The summed E-state index contributed by atoms with van der Waals surface area (Å²) in [7, 11) is 0. The molecular weight excluding hydrogens is 401 g/mol. The van der Waals surface area contributed by atoms with Crippen LogP contribution < -0.4 is 0 Å². The van der Waals surface area contributed by atoms with Gasteiger partial charge in [-0.05, 0) is 64.1 Å². The molecule has 0 N–H and O–H groups in total. The molecule has 0 aliphatic carbocycles. The Bertz CT molecular complexity index is 624. The molecule has 0 radical (unpaired) electrons. The third-order valence-corrected chi connectivity index (χ3v) is 3.65. The lowest BCUT2D eigenvalue weighted by Gasteiger charge is -2.00. The molecule has 2 aromatic rings. The minimum Gasteiger partial charge on any atom is -0.192 e. The maximum Gasteiger partial charge on any atom is 0.0998 e. The number of nitrogens with zero attached hydrogens (tertiary/aromatic N) is 1. The van der Waals surface area contributed by atoms with E-state index in [1.54, 1.807) is 0 Å². The van der Waals surface area contributed by atoms with Gasteiger partial charge in [0, 0.05) is 8.04 Å². The summed E-state index contributed by atoms with van der Waals surface area (Å²) in [4.78, 5) is 0. The minimum atomic E-state index is 0.671. The molecule has 0 aromatic heterocycles. The van der Waals surface area contributed by atoms with Crippen molar-refractivity contribution in [2.45, 2.75) is 0 Å². The van der Waals surface area contributed by atoms with Crippen molar-refractivity contribution in [1.82, 2.24) is 0 Å². The molecule has 0 saturated heterocycles. The van der Waals surface area contributed by atoms with Gasteiger partial charge in [-0.25, -0.2) is 0 Å². The predicted molar refractivity (Wildman–Crippen MR) is 86.8 cm³/mol. The molecule has 0 fully saturated rings. The third kappa shape index (κ3) is 3.44. The molecule has 18 heavy (non-hydrogen) atoms. The molecule has 1 nitrogen and oxygen atoms in total. The molecule has 0 saturated carbocycles. The molecule has 0 aliphatic rings. The molecule has 88 valence electrons. The van der Waals surface area contributed by atoms with Gasteiger partial charge in [0.25, 0.3) is 0 Å². The summed E-state index contributed by atoms with van der Waals surface area (Å²) in [6.45, 7) is 0. The van der Waals surface area contributed by atoms with E-state index in [2.05, 4.69) is 44.6 Å². The van der Waals surface area contributed by atoms with Crippen molar-refractivity contribution >= 4 is 50.2 Å². The summed E-state index contributed by atoms with van der Waals surface area (Å²) in [6, 6.07) is 18.1. The van der Waals surface area contributed by atoms with Gasteiger partial charge >= 0.3 is 0 Å². The zero-order chi connectivity index (χ0) is 13.0. The first-order valence-electron chi connectivity index (χ1n) is 5.32. The van der Waals surface area contributed by atoms with Gasteiger partial charge in [0.1, 0.15) is 0 Å². The van der Waals surface area contributed by atoms with Crippen LogP contribution in [0.1, 0.15) is 11.1 Å². The van der Waals surface area contributed by atoms with Crippen molar-refractivity contribution in [3.63, 3.8) is 0 Å². The summed E-state index contributed by atoms with van der Waals surface area (Å²) in [5, 5.41) is 9.25.